The molecule has 2 N–H and O–H groups in total. The molecule has 0 amide bonds. The Morgan fingerprint density at radius 3 is 0.886 bits per heavy atom. The molecule has 204 valence electrons. The summed E-state index contributed by atoms with van der Waals surface area (Å²) in [4.78, 5) is 20.5. The first-order valence-corrected chi connectivity index (χ1v) is 14.1. The minimum absolute atomic E-state index is 0. The number of hydrogen-bond donors (Lipinski definition) is 2. The molecule has 0 aromatic carbocycles. The maximum Gasteiger partial charge on any atom is 2.00 e. The number of carboxylic acid groups (broad SMARTS) is 2. The summed E-state index contributed by atoms with van der Waals surface area (Å²) in [6.07, 6.45) is 22.4. The van der Waals surface area contributed by atoms with Gasteiger partial charge >= 0.3 is 45.5 Å². The van der Waals surface area contributed by atoms with Crippen LogP contribution in [0.5, 0.6) is 0 Å². The van der Waals surface area contributed by atoms with E-state index in [0.717, 1.165) is 38.5 Å². The summed E-state index contributed by atoms with van der Waals surface area (Å²) in [5.41, 5.74) is 0. The third-order valence-electron chi connectivity index (χ3n) is 6.21. The van der Waals surface area contributed by atoms with Crippen molar-refractivity contribution in [2.24, 2.45) is 0 Å². The van der Waals surface area contributed by atoms with Gasteiger partial charge < -0.3 is 30.0 Å². The second-order valence-electron chi connectivity index (χ2n) is 9.61. The van der Waals surface area contributed by atoms with Gasteiger partial charge in [-0.1, -0.05) is 142 Å². The molecule has 6 nitrogen and oxygen atoms in total. The van der Waals surface area contributed by atoms with Crippen LogP contribution in [0.3, 0.4) is 0 Å². The van der Waals surface area contributed by atoms with Crippen LogP contribution in [0.2, 0.25) is 0 Å². The van der Waals surface area contributed by atoms with E-state index in [0.29, 0.717) is 12.8 Å². The van der Waals surface area contributed by atoms with Crippen LogP contribution >= 0.6 is 0 Å². The number of carbonyl (C=O) groups is 2. The molecular weight excluding hydrogens is 520 g/mol. The first kappa shape index (κ1) is 39.8. The van der Waals surface area contributed by atoms with Crippen molar-refractivity contribution < 1.29 is 30.0 Å². The largest absolute Gasteiger partial charge is 2.00 e. The first-order chi connectivity index (χ1) is 16.4. The van der Waals surface area contributed by atoms with Gasteiger partial charge in [-0.3, -0.25) is 0 Å². The van der Waals surface area contributed by atoms with Crippen molar-refractivity contribution in [3.05, 3.63) is 0 Å². The number of unbranched alkanes of at least 4 members (excludes halogenated alkanes) is 18. The zero-order valence-electron chi connectivity index (χ0n) is 22.9. The van der Waals surface area contributed by atoms with Gasteiger partial charge in [-0.25, -0.2) is 0 Å². The van der Waals surface area contributed by atoms with E-state index in [-0.39, 0.29) is 45.5 Å². The van der Waals surface area contributed by atoms with E-state index < -0.39 is 24.1 Å². The van der Waals surface area contributed by atoms with Crippen molar-refractivity contribution in [2.75, 3.05) is 0 Å². The summed E-state index contributed by atoms with van der Waals surface area (Å²) in [6.45, 7) is 4.45. The summed E-state index contributed by atoms with van der Waals surface area (Å²) in [5, 5.41) is 38.4. The molecule has 0 aliphatic heterocycles. The molecule has 0 saturated carbocycles. The van der Waals surface area contributed by atoms with Crippen molar-refractivity contribution >= 4 is 57.4 Å². The van der Waals surface area contributed by atoms with Crippen LogP contribution in [-0.4, -0.2) is 79.8 Å². The van der Waals surface area contributed by atoms with E-state index in [9.17, 15) is 19.8 Å². The van der Waals surface area contributed by atoms with Gasteiger partial charge in [-0.05, 0) is 12.8 Å². The molecule has 0 rings (SSSR count). The van der Waals surface area contributed by atoms with Gasteiger partial charge in [0.25, 0.3) is 0 Å². The quantitative estimate of drug-likeness (QED) is 0.130. The maximum atomic E-state index is 10.2. The van der Waals surface area contributed by atoms with Crippen LogP contribution in [0.25, 0.3) is 0 Å². The van der Waals surface area contributed by atoms with Gasteiger partial charge in [-0.15, -0.1) is 0 Å². The molecule has 2 atom stereocenters. The van der Waals surface area contributed by atoms with Gasteiger partial charge in [-0.2, -0.15) is 0 Å². The smallest absolute Gasteiger partial charge is 0.547 e. The van der Waals surface area contributed by atoms with E-state index >= 15 is 0 Å². The summed E-state index contributed by atoms with van der Waals surface area (Å²) in [6, 6.07) is 0. The van der Waals surface area contributed by atoms with E-state index in [1.807, 2.05) is 0 Å². The number of hydrogen-bond acceptors (Lipinski definition) is 6. The molecule has 0 aliphatic carbocycles. The summed E-state index contributed by atoms with van der Waals surface area (Å²) in [7, 11) is 0. The molecule has 0 heterocycles. The molecule has 0 aromatic rings. The number of aliphatic hydroxyl groups is 2. The molecule has 0 aliphatic rings. The van der Waals surface area contributed by atoms with Gasteiger partial charge in [0.1, 0.15) is 0 Å². The van der Waals surface area contributed by atoms with E-state index in [1.54, 1.807) is 0 Å². The number of aliphatic hydroxyl groups excluding tert-OH is 2. The van der Waals surface area contributed by atoms with Crippen molar-refractivity contribution in [3.8, 4) is 0 Å². The fraction of sp³-hybridized carbons (Fsp3) is 0.929. The molecular formula is C28H54O6Sr. The Morgan fingerprint density at radius 1 is 0.486 bits per heavy atom. The average molecular weight is 574 g/mol. The third kappa shape index (κ3) is 34.3. The minimum atomic E-state index is -1.35. The second-order valence-corrected chi connectivity index (χ2v) is 9.61. The molecule has 7 heteroatoms. The SMILES string of the molecule is CCCCCCCCCCCCC(O)C(=O)[O-].CCCCCCCCCCCCC(O)C(=O)[O-].[Sr+2]. The molecule has 0 saturated heterocycles. The normalized spacial score (nSPS) is 12.2. The van der Waals surface area contributed by atoms with Crippen molar-refractivity contribution in [1.29, 1.82) is 0 Å². The van der Waals surface area contributed by atoms with Crippen LogP contribution in [0.4, 0.5) is 0 Å². The number of carbonyl (C=O) groups excluding carboxylic acids is 2. The van der Waals surface area contributed by atoms with E-state index in [1.165, 1.54) is 89.9 Å². The zero-order valence-corrected chi connectivity index (χ0v) is 26.4. The predicted molar refractivity (Wildman–Crippen MR) is 141 cm³/mol. The molecule has 0 spiro atoms. The Morgan fingerprint density at radius 2 is 0.686 bits per heavy atom. The molecule has 0 bridgehead atoms. The van der Waals surface area contributed by atoms with Crippen LogP contribution in [0.1, 0.15) is 155 Å². The van der Waals surface area contributed by atoms with E-state index in [2.05, 4.69) is 13.8 Å². The average Bonchev–Trinajstić information content (AvgIpc) is 2.81. The number of rotatable bonds is 24. The van der Waals surface area contributed by atoms with E-state index in [4.69, 9.17) is 10.2 Å². The molecule has 35 heavy (non-hydrogen) atoms. The topological polar surface area (TPSA) is 121 Å². The van der Waals surface area contributed by atoms with Crippen LogP contribution < -0.4 is 10.2 Å². The molecule has 0 radical (unpaired) electrons. The Hall–Kier alpha value is 0.341. The van der Waals surface area contributed by atoms with Gasteiger partial charge in [0.05, 0.1) is 24.1 Å². The predicted octanol–water partition coefficient (Wildman–Crippen LogP) is 4.44. The Kier molecular flexibility index (Phi) is 36.9. The summed E-state index contributed by atoms with van der Waals surface area (Å²) in [5.74, 6) is -2.69. The first-order valence-electron chi connectivity index (χ1n) is 14.1. The fourth-order valence-corrected chi connectivity index (χ4v) is 3.89. The fourth-order valence-electron chi connectivity index (χ4n) is 3.89. The standard InChI is InChI=1S/2C14H28O3.Sr/c2*1-2-3-4-5-6-7-8-9-10-11-12-13(15)14(16)17;/h2*13,15H,2-12H2,1H3,(H,16,17);/q;;+2/p-2. The van der Waals surface area contributed by atoms with Crippen molar-refractivity contribution in [1.82, 2.24) is 0 Å². The van der Waals surface area contributed by atoms with Crippen LogP contribution in [-0.2, 0) is 9.59 Å². The number of carboxylic acids is 2. The Labute approximate surface area is 252 Å². The van der Waals surface area contributed by atoms with Gasteiger partial charge in [0.2, 0.25) is 0 Å². The third-order valence-corrected chi connectivity index (χ3v) is 6.21. The van der Waals surface area contributed by atoms with Crippen molar-refractivity contribution in [2.45, 2.75) is 167 Å². The minimum Gasteiger partial charge on any atom is -0.547 e. The Balaban J connectivity index is -0.000000569. The van der Waals surface area contributed by atoms with Gasteiger partial charge in [0.15, 0.2) is 0 Å². The number of aliphatic carboxylic acids is 2. The van der Waals surface area contributed by atoms with Crippen molar-refractivity contribution in [3.63, 3.8) is 0 Å². The van der Waals surface area contributed by atoms with Crippen LogP contribution in [0.15, 0.2) is 0 Å². The summed E-state index contributed by atoms with van der Waals surface area (Å²) < 4.78 is 0. The monoisotopic (exact) mass is 574 g/mol. The molecule has 0 aromatic heterocycles. The Bertz CT molecular complexity index is 407. The zero-order chi connectivity index (χ0) is 25.9. The van der Waals surface area contributed by atoms with Crippen LogP contribution in [0, 0.1) is 0 Å². The second kappa shape index (κ2) is 32.4. The molecule has 0 fully saturated rings. The molecule has 2 unspecified atom stereocenters. The van der Waals surface area contributed by atoms with Gasteiger partial charge in [0, 0.05) is 0 Å². The maximum absolute atomic E-state index is 10.2. The summed E-state index contributed by atoms with van der Waals surface area (Å²) >= 11 is 0.